The normalized spacial score (nSPS) is 14.6. The van der Waals surface area contributed by atoms with E-state index in [0.717, 1.165) is 0 Å². The predicted molar refractivity (Wildman–Crippen MR) is 88.8 cm³/mol. The Balaban J connectivity index is 1.49. The second-order valence-electron chi connectivity index (χ2n) is 5.74. The van der Waals surface area contributed by atoms with Gasteiger partial charge in [0.25, 0.3) is 0 Å². The van der Waals surface area contributed by atoms with Gasteiger partial charge < -0.3 is 9.15 Å². The smallest absolute Gasteiger partial charge is 0.314 e. The molecule has 1 aromatic carbocycles. The molecule has 0 fully saturated rings. The van der Waals surface area contributed by atoms with E-state index in [9.17, 15) is 19.2 Å². The number of benzene rings is 1. The summed E-state index contributed by atoms with van der Waals surface area (Å²) in [6.07, 6.45) is -0.601. The Bertz CT molecular complexity index is 970. The molecule has 1 aliphatic carbocycles. The number of esters is 1. The van der Waals surface area contributed by atoms with Crippen molar-refractivity contribution in [2.45, 2.75) is 6.42 Å². The Labute approximate surface area is 151 Å². The number of nitrogens with one attached hydrogen (secondary N) is 3. The van der Waals surface area contributed by atoms with E-state index in [0.29, 0.717) is 5.84 Å². The summed E-state index contributed by atoms with van der Waals surface area (Å²) < 4.78 is 10.2. The first-order valence-corrected chi connectivity index (χ1v) is 7.88. The van der Waals surface area contributed by atoms with Crippen LogP contribution in [0.1, 0.15) is 49.0 Å². The molecule has 27 heavy (non-hydrogen) atoms. The maximum atomic E-state index is 12.5. The summed E-state index contributed by atoms with van der Waals surface area (Å²) in [5.74, 6) is -2.49. The number of rotatable bonds is 5. The number of hydrogen-bond donors (Lipinski definition) is 3. The van der Waals surface area contributed by atoms with Crippen LogP contribution < -0.4 is 16.5 Å². The first kappa shape index (κ1) is 16.7. The molecule has 0 amide bonds. The van der Waals surface area contributed by atoms with E-state index in [2.05, 4.69) is 21.6 Å². The van der Waals surface area contributed by atoms with Crippen LogP contribution in [-0.2, 0) is 9.53 Å². The number of ketones is 3. The Hall–Kier alpha value is -3.79. The lowest BCUT2D eigenvalue weighted by Gasteiger charge is -2.11. The number of amidine groups is 1. The van der Waals surface area contributed by atoms with E-state index in [4.69, 9.17) is 9.15 Å². The number of hydrazine groups is 2. The highest BCUT2D eigenvalue weighted by Crippen LogP contribution is 2.29. The van der Waals surface area contributed by atoms with E-state index in [1.807, 2.05) is 0 Å². The minimum Gasteiger partial charge on any atom is -0.457 e. The van der Waals surface area contributed by atoms with Crippen LogP contribution in [0.5, 0.6) is 0 Å². The van der Waals surface area contributed by atoms with Crippen LogP contribution in [0.2, 0.25) is 0 Å². The SMILES string of the molecule is O=C(CC(=O)c1cc2c(o1)C(=O)c1ccccc1C2=O)OCC1=NNNN1. The fraction of sp³-hybridized carbons (Fsp3) is 0.118. The lowest BCUT2D eigenvalue weighted by atomic mass is 9.88. The molecule has 136 valence electrons. The summed E-state index contributed by atoms with van der Waals surface area (Å²) in [7, 11) is 0. The van der Waals surface area contributed by atoms with Gasteiger partial charge in [-0.2, -0.15) is 0 Å². The molecular weight excluding hydrogens is 356 g/mol. The number of carbonyl (C=O) groups excluding carboxylic acids is 4. The highest BCUT2D eigenvalue weighted by atomic mass is 16.5. The first-order chi connectivity index (χ1) is 13.0. The van der Waals surface area contributed by atoms with Gasteiger partial charge in [0.05, 0.1) is 5.56 Å². The molecule has 2 aliphatic rings. The van der Waals surface area contributed by atoms with Crippen molar-refractivity contribution in [3.05, 3.63) is 58.5 Å². The highest BCUT2D eigenvalue weighted by molar-refractivity contribution is 6.28. The topological polar surface area (TPSA) is 139 Å². The molecule has 0 unspecified atom stereocenters. The number of hydrogen-bond acceptors (Lipinski definition) is 10. The third-order valence-corrected chi connectivity index (χ3v) is 4.00. The van der Waals surface area contributed by atoms with Crippen molar-refractivity contribution in [2.24, 2.45) is 5.10 Å². The van der Waals surface area contributed by atoms with Crippen LogP contribution in [0.25, 0.3) is 0 Å². The van der Waals surface area contributed by atoms with Crippen molar-refractivity contribution in [3.63, 3.8) is 0 Å². The summed E-state index contributed by atoms with van der Waals surface area (Å²) in [6.45, 7) is -0.160. The van der Waals surface area contributed by atoms with Gasteiger partial charge in [-0.1, -0.05) is 24.3 Å². The molecule has 0 saturated heterocycles. The van der Waals surface area contributed by atoms with Crippen LogP contribution >= 0.6 is 0 Å². The average Bonchev–Trinajstić information content (AvgIpc) is 3.34. The van der Waals surface area contributed by atoms with Gasteiger partial charge in [0, 0.05) is 11.1 Å². The van der Waals surface area contributed by atoms with Crippen LogP contribution in [0.3, 0.4) is 0 Å². The first-order valence-electron chi connectivity index (χ1n) is 7.88. The zero-order valence-electron chi connectivity index (χ0n) is 13.7. The molecule has 4 rings (SSSR count). The van der Waals surface area contributed by atoms with Crippen molar-refractivity contribution in [2.75, 3.05) is 6.61 Å². The summed E-state index contributed by atoms with van der Waals surface area (Å²) >= 11 is 0. The van der Waals surface area contributed by atoms with E-state index in [1.165, 1.54) is 18.2 Å². The molecule has 1 aromatic heterocycles. The maximum Gasteiger partial charge on any atom is 0.314 e. The van der Waals surface area contributed by atoms with Gasteiger partial charge >= 0.3 is 5.97 Å². The fourth-order valence-corrected chi connectivity index (χ4v) is 2.72. The quantitative estimate of drug-likeness (QED) is 0.325. The summed E-state index contributed by atoms with van der Waals surface area (Å²) in [6, 6.07) is 7.52. The van der Waals surface area contributed by atoms with E-state index in [1.54, 1.807) is 12.1 Å². The van der Waals surface area contributed by atoms with Gasteiger partial charge in [-0.25, -0.2) is 5.53 Å². The number of ether oxygens (including phenoxy) is 1. The highest BCUT2D eigenvalue weighted by Gasteiger charge is 2.34. The monoisotopic (exact) mass is 368 g/mol. The van der Waals surface area contributed by atoms with Crippen LogP contribution in [-0.4, -0.2) is 35.8 Å². The predicted octanol–water partition coefficient (Wildman–Crippen LogP) is 0.0969. The van der Waals surface area contributed by atoms with Gasteiger partial charge in [-0.3, -0.25) is 24.6 Å². The van der Waals surface area contributed by atoms with Crippen molar-refractivity contribution >= 4 is 29.2 Å². The second kappa shape index (κ2) is 6.50. The number of Topliss-reactive ketones (excluding diaryl/α,β-unsaturated/α-hetero) is 1. The molecule has 0 atom stereocenters. The molecule has 0 radical (unpaired) electrons. The molecular formula is C17H12N4O6. The third kappa shape index (κ3) is 2.98. The Morgan fingerprint density at radius 3 is 2.52 bits per heavy atom. The van der Waals surface area contributed by atoms with Gasteiger partial charge in [-0.05, 0) is 6.07 Å². The fourth-order valence-electron chi connectivity index (χ4n) is 2.72. The zero-order chi connectivity index (χ0) is 19.0. The van der Waals surface area contributed by atoms with Gasteiger partial charge in [-0.15, -0.1) is 10.6 Å². The Morgan fingerprint density at radius 1 is 1.07 bits per heavy atom. The lowest BCUT2D eigenvalue weighted by molar-refractivity contribution is -0.140. The minimum absolute atomic E-state index is 0.0112. The van der Waals surface area contributed by atoms with Crippen molar-refractivity contribution in [1.29, 1.82) is 0 Å². The second-order valence-corrected chi connectivity index (χ2v) is 5.74. The number of fused-ring (bicyclic) bond motifs is 2. The molecule has 0 spiro atoms. The van der Waals surface area contributed by atoms with Crippen molar-refractivity contribution < 1.29 is 28.3 Å². The number of nitrogens with zero attached hydrogens (tertiary/aromatic N) is 1. The summed E-state index contributed by atoms with van der Waals surface area (Å²) in [5, 5.41) is 3.71. The summed E-state index contributed by atoms with van der Waals surface area (Å²) in [4.78, 5) is 49.1. The van der Waals surface area contributed by atoms with Crippen molar-refractivity contribution in [1.82, 2.24) is 16.5 Å². The molecule has 0 bridgehead atoms. The molecule has 3 N–H and O–H groups in total. The average molecular weight is 368 g/mol. The standard InChI is InChI=1S/C17H12N4O6/c22-11(6-14(23)26-7-13-18-20-21-19-13)12-5-10-15(24)8-3-1-2-4-9(8)16(25)17(10)27-12/h1-5,20-21H,6-7H2,(H,18,19). The Kier molecular flexibility index (Phi) is 4.01. The number of carbonyl (C=O) groups is 4. The van der Waals surface area contributed by atoms with Gasteiger partial charge in [0.15, 0.2) is 29.7 Å². The number of furan rings is 1. The third-order valence-electron chi connectivity index (χ3n) is 4.00. The zero-order valence-corrected chi connectivity index (χ0v) is 13.7. The molecule has 2 aromatic rings. The van der Waals surface area contributed by atoms with Gasteiger partial charge in [0.2, 0.25) is 11.6 Å². The molecule has 2 heterocycles. The van der Waals surface area contributed by atoms with Crippen LogP contribution in [0.4, 0.5) is 0 Å². The largest absolute Gasteiger partial charge is 0.457 e. The molecule has 10 heteroatoms. The van der Waals surface area contributed by atoms with E-state index >= 15 is 0 Å². The summed E-state index contributed by atoms with van der Waals surface area (Å²) in [5.41, 5.74) is 7.92. The molecule has 10 nitrogen and oxygen atoms in total. The van der Waals surface area contributed by atoms with Crippen LogP contribution in [0, 0.1) is 0 Å². The molecule has 1 aliphatic heterocycles. The molecule has 0 saturated carbocycles. The van der Waals surface area contributed by atoms with Gasteiger partial charge in [0.1, 0.15) is 6.42 Å². The Morgan fingerprint density at radius 2 is 1.81 bits per heavy atom. The van der Waals surface area contributed by atoms with Crippen LogP contribution in [0.15, 0.2) is 39.9 Å². The van der Waals surface area contributed by atoms with E-state index in [-0.39, 0.29) is 34.8 Å². The minimum atomic E-state index is -0.799. The lowest BCUT2D eigenvalue weighted by Crippen LogP contribution is -2.37. The maximum absolute atomic E-state index is 12.5. The van der Waals surface area contributed by atoms with E-state index < -0.39 is 29.7 Å². The number of hydrazone groups is 1. The van der Waals surface area contributed by atoms with Crippen molar-refractivity contribution in [3.8, 4) is 0 Å².